The van der Waals surface area contributed by atoms with Crippen molar-refractivity contribution in [1.29, 1.82) is 0 Å². The van der Waals surface area contributed by atoms with Crippen molar-refractivity contribution in [2.75, 3.05) is 31.5 Å². The lowest BCUT2D eigenvalue weighted by Gasteiger charge is -2.20. The number of anilines is 1. The summed E-state index contributed by atoms with van der Waals surface area (Å²) in [4.78, 5) is 13.0. The van der Waals surface area contributed by atoms with Crippen molar-refractivity contribution >= 4 is 31.6 Å². The van der Waals surface area contributed by atoms with E-state index < -0.39 is 26.0 Å². The van der Waals surface area contributed by atoms with Gasteiger partial charge in [-0.25, -0.2) is 16.8 Å². The maximum absolute atomic E-state index is 12.9. The summed E-state index contributed by atoms with van der Waals surface area (Å²) < 4.78 is 54.4. The summed E-state index contributed by atoms with van der Waals surface area (Å²) in [7, 11) is -7.18. The molecule has 10 heteroatoms. The molecule has 0 bridgehead atoms. The summed E-state index contributed by atoms with van der Waals surface area (Å²) in [6, 6.07) is 12.0. The van der Waals surface area contributed by atoms with Crippen molar-refractivity contribution in [3.8, 4) is 0 Å². The van der Waals surface area contributed by atoms with Crippen LogP contribution >= 0.6 is 0 Å². The topological polar surface area (TPSA) is 104 Å². The van der Waals surface area contributed by atoms with E-state index in [1.807, 2.05) is 0 Å². The number of amides is 1. The fraction of sp³-hybridized carbons (Fsp3) is 0.435. The minimum Gasteiger partial charge on any atom is -0.322 e. The highest BCUT2D eigenvalue weighted by Gasteiger charge is 2.28. The quantitative estimate of drug-likeness (QED) is 0.668. The van der Waals surface area contributed by atoms with E-state index in [-0.39, 0.29) is 15.4 Å². The third-order valence-electron chi connectivity index (χ3n) is 6.11. The predicted molar refractivity (Wildman–Crippen MR) is 126 cm³/mol. The Balaban J connectivity index is 1.47. The van der Waals surface area contributed by atoms with E-state index in [4.69, 9.17) is 0 Å². The predicted octanol–water partition coefficient (Wildman–Crippen LogP) is 3.29. The molecule has 2 heterocycles. The Kier molecular flexibility index (Phi) is 7.18. The zero-order chi connectivity index (χ0) is 23.5. The van der Waals surface area contributed by atoms with Gasteiger partial charge in [0.05, 0.1) is 9.79 Å². The second kappa shape index (κ2) is 9.92. The van der Waals surface area contributed by atoms with Gasteiger partial charge in [0.1, 0.15) is 0 Å². The Morgan fingerprint density at radius 3 is 1.76 bits per heavy atom. The van der Waals surface area contributed by atoms with Gasteiger partial charge in [-0.15, -0.1) is 0 Å². The fourth-order valence-electron chi connectivity index (χ4n) is 4.22. The molecule has 0 spiro atoms. The molecule has 2 aromatic carbocycles. The lowest BCUT2D eigenvalue weighted by Crippen LogP contribution is -2.31. The van der Waals surface area contributed by atoms with Crippen molar-refractivity contribution in [1.82, 2.24) is 8.61 Å². The smallest absolute Gasteiger partial charge is 0.255 e. The molecule has 1 N–H and O–H groups in total. The van der Waals surface area contributed by atoms with Crippen molar-refractivity contribution in [2.24, 2.45) is 0 Å². The lowest BCUT2D eigenvalue weighted by atomic mass is 10.2. The van der Waals surface area contributed by atoms with Crippen LogP contribution in [0.1, 0.15) is 48.9 Å². The number of benzene rings is 2. The highest BCUT2D eigenvalue weighted by molar-refractivity contribution is 7.89. The first-order chi connectivity index (χ1) is 15.8. The number of hydrogen-bond donors (Lipinski definition) is 1. The SMILES string of the molecule is O=C(Nc1ccc(S(=O)(=O)N2CCCCCC2)cc1)c1cccc(S(=O)(=O)N2CCCC2)c1. The van der Waals surface area contributed by atoms with Crippen LogP contribution in [0.3, 0.4) is 0 Å². The zero-order valence-electron chi connectivity index (χ0n) is 18.4. The van der Waals surface area contributed by atoms with Crippen molar-refractivity contribution in [3.05, 3.63) is 54.1 Å². The number of nitrogens with one attached hydrogen (secondary N) is 1. The Morgan fingerprint density at radius 2 is 1.18 bits per heavy atom. The van der Waals surface area contributed by atoms with E-state index in [0.717, 1.165) is 38.5 Å². The second-order valence-corrected chi connectivity index (χ2v) is 12.3. The fourth-order valence-corrected chi connectivity index (χ4v) is 7.30. The summed E-state index contributed by atoms with van der Waals surface area (Å²) in [5.74, 6) is -0.461. The van der Waals surface area contributed by atoms with E-state index in [1.165, 1.54) is 32.9 Å². The maximum Gasteiger partial charge on any atom is 0.255 e. The molecule has 178 valence electrons. The Labute approximate surface area is 195 Å². The Bertz CT molecular complexity index is 1200. The van der Waals surface area contributed by atoms with Crippen LogP contribution in [-0.4, -0.2) is 57.5 Å². The first-order valence-electron chi connectivity index (χ1n) is 11.3. The van der Waals surface area contributed by atoms with Crippen LogP contribution in [0.5, 0.6) is 0 Å². The molecule has 0 unspecified atom stereocenters. The van der Waals surface area contributed by atoms with E-state index in [1.54, 1.807) is 24.3 Å². The summed E-state index contributed by atoms with van der Waals surface area (Å²) in [6.07, 6.45) is 5.47. The van der Waals surface area contributed by atoms with Gasteiger partial charge in [0, 0.05) is 37.4 Å². The van der Waals surface area contributed by atoms with Gasteiger partial charge in [-0.05, 0) is 68.1 Å². The van der Waals surface area contributed by atoms with Crippen LogP contribution in [0.25, 0.3) is 0 Å². The number of carbonyl (C=O) groups excluding carboxylic acids is 1. The van der Waals surface area contributed by atoms with Crippen molar-refractivity contribution < 1.29 is 21.6 Å². The monoisotopic (exact) mass is 491 g/mol. The normalized spacial score (nSPS) is 18.7. The molecule has 8 nitrogen and oxygen atoms in total. The van der Waals surface area contributed by atoms with Gasteiger partial charge in [0.15, 0.2) is 0 Å². The number of rotatable bonds is 6. The summed E-state index contributed by atoms with van der Waals surface area (Å²) in [5, 5.41) is 2.72. The molecule has 4 rings (SSSR count). The standard InChI is InChI=1S/C23H29N3O5S2/c27-23(19-8-7-9-22(18-19)33(30,31)26-16-5-6-17-26)24-20-10-12-21(13-11-20)32(28,29)25-14-3-1-2-4-15-25/h7-13,18H,1-6,14-17H2,(H,24,27). The molecule has 1 amide bonds. The highest BCUT2D eigenvalue weighted by atomic mass is 32.2. The van der Waals surface area contributed by atoms with E-state index in [2.05, 4.69) is 5.32 Å². The minimum absolute atomic E-state index is 0.0935. The van der Waals surface area contributed by atoms with E-state index in [9.17, 15) is 21.6 Å². The minimum atomic E-state index is -3.62. The van der Waals surface area contributed by atoms with Crippen LogP contribution < -0.4 is 5.32 Å². The molecule has 0 saturated carbocycles. The van der Waals surface area contributed by atoms with Gasteiger partial charge < -0.3 is 5.32 Å². The molecular weight excluding hydrogens is 462 g/mol. The Morgan fingerprint density at radius 1 is 0.667 bits per heavy atom. The van der Waals surface area contributed by atoms with Gasteiger partial charge in [-0.1, -0.05) is 18.9 Å². The average Bonchev–Trinajstić information content (AvgIpc) is 3.23. The molecule has 33 heavy (non-hydrogen) atoms. The van der Waals surface area contributed by atoms with Gasteiger partial charge in [-0.2, -0.15) is 8.61 Å². The van der Waals surface area contributed by atoms with Gasteiger partial charge in [0.2, 0.25) is 20.0 Å². The number of carbonyl (C=O) groups is 1. The van der Waals surface area contributed by atoms with Crippen LogP contribution in [0, 0.1) is 0 Å². The molecule has 0 radical (unpaired) electrons. The molecule has 0 atom stereocenters. The molecule has 2 aliphatic heterocycles. The molecule has 2 fully saturated rings. The number of sulfonamides is 2. The molecule has 0 aromatic heterocycles. The van der Waals surface area contributed by atoms with Gasteiger partial charge in [-0.3, -0.25) is 4.79 Å². The summed E-state index contributed by atoms with van der Waals surface area (Å²) >= 11 is 0. The summed E-state index contributed by atoms with van der Waals surface area (Å²) in [6.45, 7) is 2.03. The molecule has 2 aliphatic rings. The third kappa shape index (κ3) is 5.29. The molecule has 2 saturated heterocycles. The Hall–Kier alpha value is -2.27. The number of nitrogens with zero attached hydrogens (tertiary/aromatic N) is 2. The molecular formula is C23H29N3O5S2. The molecule has 0 aliphatic carbocycles. The zero-order valence-corrected chi connectivity index (χ0v) is 20.1. The van der Waals surface area contributed by atoms with Crippen LogP contribution in [-0.2, 0) is 20.0 Å². The van der Waals surface area contributed by atoms with Gasteiger partial charge >= 0.3 is 0 Å². The first kappa shape index (κ1) is 23.9. The van der Waals surface area contributed by atoms with Gasteiger partial charge in [0.25, 0.3) is 5.91 Å². The first-order valence-corrected chi connectivity index (χ1v) is 14.2. The lowest BCUT2D eigenvalue weighted by molar-refractivity contribution is 0.102. The maximum atomic E-state index is 12.9. The number of hydrogen-bond acceptors (Lipinski definition) is 5. The van der Waals surface area contributed by atoms with E-state index >= 15 is 0 Å². The highest BCUT2D eigenvalue weighted by Crippen LogP contribution is 2.24. The van der Waals surface area contributed by atoms with Crippen LogP contribution in [0.15, 0.2) is 58.3 Å². The van der Waals surface area contributed by atoms with Crippen LogP contribution in [0.4, 0.5) is 5.69 Å². The second-order valence-electron chi connectivity index (χ2n) is 8.44. The summed E-state index contributed by atoms with van der Waals surface area (Å²) in [5.41, 5.74) is 0.652. The molecule has 2 aromatic rings. The van der Waals surface area contributed by atoms with Crippen molar-refractivity contribution in [2.45, 2.75) is 48.3 Å². The van der Waals surface area contributed by atoms with E-state index in [0.29, 0.717) is 31.9 Å². The average molecular weight is 492 g/mol. The third-order valence-corrected chi connectivity index (χ3v) is 9.92. The van der Waals surface area contributed by atoms with Crippen LogP contribution in [0.2, 0.25) is 0 Å². The largest absolute Gasteiger partial charge is 0.322 e. The van der Waals surface area contributed by atoms with Crippen molar-refractivity contribution in [3.63, 3.8) is 0 Å².